The molecule has 0 spiro atoms. The zero-order valence-corrected chi connectivity index (χ0v) is 16.9. The summed E-state index contributed by atoms with van der Waals surface area (Å²) in [5.74, 6) is 1.73. The molecule has 0 unspecified atom stereocenters. The third-order valence-electron chi connectivity index (χ3n) is 4.71. The number of carbonyl (C=O) groups excluding carboxylic acids is 1. The number of morpholine rings is 1. The number of aromatic nitrogens is 1. The number of amides is 1. The molecule has 1 fully saturated rings. The lowest BCUT2D eigenvalue weighted by Crippen LogP contribution is -2.37. The number of ether oxygens (including phenoxy) is 1. The topological polar surface area (TPSA) is 67.6 Å². The molecule has 0 saturated carbocycles. The molecule has 2 aromatic heterocycles. The Kier molecular flexibility index (Phi) is 6.49. The predicted molar refractivity (Wildman–Crippen MR) is 113 cm³/mol. The second-order valence-electron chi connectivity index (χ2n) is 6.64. The number of benzene rings is 1. The minimum absolute atomic E-state index is 0.213. The minimum atomic E-state index is -0.213. The maximum absolute atomic E-state index is 12.7. The number of thioether (sulfide) groups is 1. The number of hydrogen-bond donors (Lipinski definition) is 1. The van der Waals surface area contributed by atoms with E-state index in [4.69, 9.17) is 9.15 Å². The molecule has 1 aliphatic rings. The molecule has 1 saturated heterocycles. The van der Waals surface area contributed by atoms with Gasteiger partial charge in [-0.2, -0.15) is 0 Å². The van der Waals surface area contributed by atoms with E-state index in [0.29, 0.717) is 31.3 Å². The Morgan fingerprint density at radius 3 is 2.72 bits per heavy atom. The first kappa shape index (κ1) is 19.5. The van der Waals surface area contributed by atoms with E-state index in [9.17, 15) is 4.79 Å². The average molecular weight is 410 g/mol. The number of hydrogen-bond acceptors (Lipinski definition) is 6. The summed E-state index contributed by atoms with van der Waals surface area (Å²) < 4.78 is 10.9. The molecule has 0 bridgehead atoms. The predicted octanol–water partition coefficient (Wildman–Crippen LogP) is 3.73. The van der Waals surface area contributed by atoms with E-state index in [1.165, 1.54) is 0 Å². The van der Waals surface area contributed by atoms with Gasteiger partial charge < -0.3 is 19.4 Å². The van der Waals surface area contributed by atoms with Crippen LogP contribution < -0.4 is 10.2 Å². The summed E-state index contributed by atoms with van der Waals surface area (Å²) >= 11 is 1.68. The highest BCUT2D eigenvalue weighted by molar-refractivity contribution is 7.98. The molecule has 1 N–H and O–H groups in total. The van der Waals surface area contributed by atoms with Crippen molar-refractivity contribution in [2.75, 3.05) is 31.2 Å². The molecule has 0 atom stereocenters. The van der Waals surface area contributed by atoms with Crippen LogP contribution in [0.5, 0.6) is 0 Å². The van der Waals surface area contributed by atoms with Crippen molar-refractivity contribution in [1.29, 1.82) is 0 Å². The van der Waals surface area contributed by atoms with Gasteiger partial charge in [-0.1, -0.05) is 24.3 Å². The highest BCUT2D eigenvalue weighted by Gasteiger charge is 2.18. The summed E-state index contributed by atoms with van der Waals surface area (Å²) in [6.07, 6.45) is 3.35. The van der Waals surface area contributed by atoms with Gasteiger partial charge in [-0.15, -0.1) is 11.8 Å². The van der Waals surface area contributed by atoms with Crippen LogP contribution >= 0.6 is 11.8 Å². The van der Waals surface area contributed by atoms with Crippen LogP contribution in [0.15, 0.2) is 70.3 Å². The fourth-order valence-corrected chi connectivity index (χ4v) is 4.11. The van der Waals surface area contributed by atoms with Crippen LogP contribution in [0, 0.1) is 0 Å². The Morgan fingerprint density at radius 2 is 1.90 bits per heavy atom. The number of anilines is 1. The summed E-state index contributed by atoms with van der Waals surface area (Å²) in [5, 5.41) is 2.98. The summed E-state index contributed by atoms with van der Waals surface area (Å²) in [5.41, 5.74) is 1.87. The van der Waals surface area contributed by atoms with Crippen molar-refractivity contribution in [3.63, 3.8) is 0 Å². The van der Waals surface area contributed by atoms with Gasteiger partial charge in [0.1, 0.15) is 5.82 Å². The quantitative estimate of drug-likeness (QED) is 0.600. The number of rotatable bonds is 7. The van der Waals surface area contributed by atoms with Gasteiger partial charge in [-0.05, 0) is 24.3 Å². The lowest BCUT2D eigenvalue weighted by Gasteiger charge is -2.29. The Morgan fingerprint density at radius 1 is 1.07 bits per heavy atom. The molecule has 1 aliphatic heterocycles. The van der Waals surface area contributed by atoms with Crippen molar-refractivity contribution >= 4 is 23.5 Å². The van der Waals surface area contributed by atoms with Crippen molar-refractivity contribution < 1.29 is 13.9 Å². The molecule has 6 nitrogen and oxygen atoms in total. The largest absolute Gasteiger partial charge is 0.459 e. The normalized spacial score (nSPS) is 14.0. The zero-order valence-electron chi connectivity index (χ0n) is 16.0. The van der Waals surface area contributed by atoms with Crippen LogP contribution in [0.1, 0.15) is 21.7 Å². The number of pyridine rings is 1. The van der Waals surface area contributed by atoms with Gasteiger partial charge in [0.15, 0.2) is 5.76 Å². The van der Waals surface area contributed by atoms with Crippen molar-refractivity contribution in [1.82, 2.24) is 10.3 Å². The van der Waals surface area contributed by atoms with Crippen molar-refractivity contribution in [2.45, 2.75) is 17.2 Å². The first-order valence-corrected chi connectivity index (χ1v) is 10.6. The second kappa shape index (κ2) is 9.62. The summed E-state index contributed by atoms with van der Waals surface area (Å²) in [7, 11) is 0. The van der Waals surface area contributed by atoms with Gasteiger partial charge in [-0.25, -0.2) is 4.98 Å². The number of nitrogens with zero attached hydrogens (tertiary/aromatic N) is 2. The smallest absolute Gasteiger partial charge is 0.287 e. The van der Waals surface area contributed by atoms with Crippen LogP contribution in [0.2, 0.25) is 0 Å². The summed E-state index contributed by atoms with van der Waals surface area (Å²) in [6.45, 7) is 3.38. The maximum Gasteiger partial charge on any atom is 0.287 e. The van der Waals surface area contributed by atoms with Crippen LogP contribution in [-0.2, 0) is 17.0 Å². The Balaban J connectivity index is 1.39. The number of furan rings is 1. The van der Waals surface area contributed by atoms with Crippen LogP contribution in [-0.4, -0.2) is 37.2 Å². The Hall–Kier alpha value is -2.77. The van der Waals surface area contributed by atoms with E-state index in [1.54, 1.807) is 24.2 Å². The Labute approximate surface area is 174 Å². The SMILES string of the molecule is O=C(NCc1cccnc1N1CCOCC1)c1occc1CSc1ccccc1. The summed E-state index contributed by atoms with van der Waals surface area (Å²) in [4.78, 5) is 20.6. The minimum Gasteiger partial charge on any atom is -0.459 e. The molecule has 29 heavy (non-hydrogen) atoms. The molecular weight excluding hydrogens is 386 g/mol. The first-order chi connectivity index (χ1) is 14.3. The standard InChI is InChI=1S/C22H23N3O3S/c26-22(20-18(8-12-28-20)16-29-19-6-2-1-3-7-19)24-15-17-5-4-9-23-21(17)25-10-13-27-14-11-25/h1-9,12H,10-11,13-16H2,(H,24,26). The third-order valence-corrected chi connectivity index (χ3v) is 5.77. The van der Waals surface area contributed by atoms with Crippen molar-refractivity contribution in [3.05, 3.63) is 77.9 Å². The van der Waals surface area contributed by atoms with E-state index >= 15 is 0 Å². The third kappa shape index (κ3) is 4.99. The zero-order chi connectivity index (χ0) is 19.9. The molecule has 1 amide bonds. The highest BCUT2D eigenvalue weighted by Crippen LogP contribution is 2.25. The van der Waals surface area contributed by atoms with E-state index in [0.717, 1.165) is 34.9 Å². The van der Waals surface area contributed by atoms with E-state index in [2.05, 4.69) is 27.3 Å². The first-order valence-electron chi connectivity index (χ1n) is 9.60. The van der Waals surface area contributed by atoms with Crippen LogP contribution in [0.25, 0.3) is 0 Å². The molecule has 0 aliphatic carbocycles. The van der Waals surface area contributed by atoms with Gasteiger partial charge in [0, 0.05) is 47.6 Å². The molecule has 3 aromatic rings. The molecule has 7 heteroatoms. The Bertz CT molecular complexity index is 939. The number of nitrogens with one attached hydrogen (secondary N) is 1. The van der Waals surface area contributed by atoms with E-state index in [-0.39, 0.29) is 5.91 Å². The molecule has 4 rings (SSSR count). The molecule has 3 heterocycles. The van der Waals surface area contributed by atoms with Gasteiger partial charge >= 0.3 is 0 Å². The van der Waals surface area contributed by atoms with E-state index < -0.39 is 0 Å². The molecular formula is C22H23N3O3S. The van der Waals surface area contributed by atoms with Gasteiger partial charge in [0.05, 0.1) is 19.5 Å². The molecule has 0 radical (unpaired) electrons. The van der Waals surface area contributed by atoms with Crippen molar-refractivity contribution in [2.24, 2.45) is 0 Å². The summed E-state index contributed by atoms with van der Waals surface area (Å²) in [6, 6.07) is 15.8. The fourth-order valence-electron chi connectivity index (χ4n) is 3.21. The van der Waals surface area contributed by atoms with Gasteiger partial charge in [0.2, 0.25) is 0 Å². The number of carbonyl (C=O) groups is 1. The van der Waals surface area contributed by atoms with Crippen LogP contribution in [0.4, 0.5) is 5.82 Å². The molecule has 150 valence electrons. The lowest BCUT2D eigenvalue weighted by molar-refractivity contribution is 0.0922. The van der Waals surface area contributed by atoms with E-state index in [1.807, 2.05) is 36.4 Å². The second-order valence-corrected chi connectivity index (χ2v) is 7.69. The monoisotopic (exact) mass is 409 g/mol. The van der Waals surface area contributed by atoms with Crippen LogP contribution in [0.3, 0.4) is 0 Å². The molecule has 1 aromatic carbocycles. The highest BCUT2D eigenvalue weighted by atomic mass is 32.2. The van der Waals surface area contributed by atoms with Gasteiger partial charge in [-0.3, -0.25) is 4.79 Å². The maximum atomic E-state index is 12.7. The average Bonchev–Trinajstić information content (AvgIpc) is 3.26. The fraction of sp³-hybridized carbons (Fsp3) is 0.273. The van der Waals surface area contributed by atoms with Gasteiger partial charge in [0.25, 0.3) is 5.91 Å². The van der Waals surface area contributed by atoms with Crippen molar-refractivity contribution in [3.8, 4) is 0 Å². The lowest BCUT2D eigenvalue weighted by atomic mass is 10.2.